The Bertz CT molecular complexity index is 893. The van der Waals surface area contributed by atoms with Crippen molar-refractivity contribution in [3.8, 4) is 11.4 Å². The molecule has 3 aromatic rings. The Kier molecular flexibility index (Phi) is 4.02. The minimum Gasteiger partial charge on any atom is -0.338 e. The first kappa shape index (κ1) is 15.6. The molecule has 0 aliphatic carbocycles. The topological polar surface area (TPSA) is 50.5 Å². The number of likely N-dealkylation sites (tertiary alicyclic amines) is 1. The highest BCUT2D eigenvalue weighted by Gasteiger charge is 2.24. The highest BCUT2D eigenvalue weighted by molar-refractivity contribution is 7.19. The van der Waals surface area contributed by atoms with E-state index in [2.05, 4.69) is 10.1 Å². The predicted octanol–water partition coefficient (Wildman–Crippen LogP) is 4.05. The molecule has 1 aliphatic heterocycles. The number of nitrogens with zero attached hydrogens (tertiary/aromatic N) is 4. The second kappa shape index (κ2) is 6.18. The maximum Gasteiger partial charge on any atom is 0.265 e. The molecule has 124 valence electrons. The average molecular weight is 361 g/mol. The molecule has 0 N–H and O–H groups in total. The number of thiazole rings is 1. The standard InChI is InChI=1S/C17H17ClN4OS/c1-11-14(16(23)21-9-3-2-4-10-21)24-17-19-15(20-22(11)17)12-5-7-13(18)8-6-12/h5-8H,2-4,9-10H2,1H3. The fraction of sp³-hybridized carbons (Fsp3) is 0.353. The zero-order valence-corrected chi connectivity index (χ0v) is 14.9. The minimum atomic E-state index is 0.109. The Morgan fingerprint density at radius 1 is 1.17 bits per heavy atom. The fourth-order valence-corrected chi connectivity index (χ4v) is 4.16. The van der Waals surface area contributed by atoms with E-state index in [0.717, 1.165) is 47.0 Å². The Hall–Kier alpha value is -1.92. The van der Waals surface area contributed by atoms with Crippen LogP contribution in [0.15, 0.2) is 24.3 Å². The molecule has 1 aliphatic rings. The van der Waals surface area contributed by atoms with Gasteiger partial charge in [0.25, 0.3) is 5.91 Å². The largest absolute Gasteiger partial charge is 0.338 e. The molecule has 1 saturated heterocycles. The van der Waals surface area contributed by atoms with Gasteiger partial charge in [0.15, 0.2) is 5.82 Å². The second-order valence-corrected chi connectivity index (χ2v) is 7.42. The minimum absolute atomic E-state index is 0.109. The van der Waals surface area contributed by atoms with Crippen LogP contribution in [-0.4, -0.2) is 38.5 Å². The molecular weight excluding hydrogens is 344 g/mol. The molecule has 0 atom stereocenters. The van der Waals surface area contributed by atoms with Gasteiger partial charge in [0, 0.05) is 23.7 Å². The van der Waals surface area contributed by atoms with Gasteiger partial charge in [-0.05, 0) is 50.5 Å². The highest BCUT2D eigenvalue weighted by Crippen LogP contribution is 2.27. The van der Waals surface area contributed by atoms with Crippen LogP contribution in [0, 0.1) is 6.92 Å². The molecule has 0 spiro atoms. The molecule has 24 heavy (non-hydrogen) atoms. The van der Waals surface area contributed by atoms with E-state index < -0.39 is 0 Å². The summed E-state index contributed by atoms with van der Waals surface area (Å²) in [6, 6.07) is 7.45. The molecule has 0 radical (unpaired) electrons. The Labute approximate surface area is 148 Å². The first-order chi connectivity index (χ1) is 11.6. The van der Waals surface area contributed by atoms with E-state index in [0.29, 0.717) is 10.8 Å². The number of benzene rings is 1. The number of carbonyl (C=O) groups is 1. The van der Waals surface area contributed by atoms with Crippen molar-refractivity contribution in [3.63, 3.8) is 0 Å². The number of rotatable bonds is 2. The molecule has 4 rings (SSSR count). The van der Waals surface area contributed by atoms with Crippen molar-refractivity contribution >= 4 is 33.8 Å². The van der Waals surface area contributed by atoms with E-state index in [9.17, 15) is 4.79 Å². The molecule has 0 unspecified atom stereocenters. The van der Waals surface area contributed by atoms with Crippen LogP contribution in [0.25, 0.3) is 16.3 Å². The lowest BCUT2D eigenvalue weighted by molar-refractivity contribution is 0.0728. The van der Waals surface area contributed by atoms with Crippen molar-refractivity contribution in [3.05, 3.63) is 39.9 Å². The number of fused-ring (bicyclic) bond motifs is 1. The SMILES string of the molecule is Cc1c(C(=O)N2CCCCC2)sc2nc(-c3ccc(Cl)cc3)nn12. The van der Waals surface area contributed by atoms with E-state index in [1.807, 2.05) is 36.1 Å². The third-order valence-electron chi connectivity index (χ3n) is 4.36. The van der Waals surface area contributed by atoms with Gasteiger partial charge < -0.3 is 4.90 Å². The summed E-state index contributed by atoms with van der Waals surface area (Å²) in [5.74, 6) is 0.760. The van der Waals surface area contributed by atoms with Crippen molar-refractivity contribution in [1.82, 2.24) is 19.5 Å². The van der Waals surface area contributed by atoms with Crippen LogP contribution in [0.3, 0.4) is 0 Å². The predicted molar refractivity (Wildman–Crippen MR) is 95.8 cm³/mol. The number of hydrogen-bond donors (Lipinski definition) is 0. The summed E-state index contributed by atoms with van der Waals surface area (Å²) in [4.78, 5) is 20.8. The lowest BCUT2D eigenvalue weighted by Crippen LogP contribution is -2.35. The van der Waals surface area contributed by atoms with E-state index >= 15 is 0 Å². The quantitative estimate of drug-likeness (QED) is 0.692. The summed E-state index contributed by atoms with van der Waals surface area (Å²) >= 11 is 7.34. The summed E-state index contributed by atoms with van der Waals surface area (Å²) in [6.45, 7) is 3.63. The third-order valence-corrected chi connectivity index (χ3v) is 5.73. The number of halogens is 1. The van der Waals surface area contributed by atoms with Crippen molar-refractivity contribution in [2.75, 3.05) is 13.1 Å². The van der Waals surface area contributed by atoms with E-state index in [-0.39, 0.29) is 5.91 Å². The Balaban J connectivity index is 1.67. The lowest BCUT2D eigenvalue weighted by atomic mass is 10.1. The molecule has 0 bridgehead atoms. The Morgan fingerprint density at radius 3 is 2.54 bits per heavy atom. The smallest absolute Gasteiger partial charge is 0.265 e. The lowest BCUT2D eigenvalue weighted by Gasteiger charge is -2.26. The van der Waals surface area contributed by atoms with Crippen molar-refractivity contribution < 1.29 is 4.79 Å². The molecule has 1 aromatic carbocycles. The number of aryl methyl sites for hydroxylation is 1. The summed E-state index contributed by atoms with van der Waals surface area (Å²) < 4.78 is 1.77. The monoisotopic (exact) mass is 360 g/mol. The molecule has 2 aromatic heterocycles. The fourth-order valence-electron chi connectivity index (χ4n) is 3.00. The first-order valence-electron chi connectivity index (χ1n) is 8.05. The maximum atomic E-state index is 12.7. The van der Waals surface area contributed by atoms with Crippen LogP contribution in [0.5, 0.6) is 0 Å². The van der Waals surface area contributed by atoms with Crippen LogP contribution in [0.1, 0.15) is 34.6 Å². The van der Waals surface area contributed by atoms with E-state index in [4.69, 9.17) is 11.6 Å². The average Bonchev–Trinajstić information content (AvgIpc) is 3.15. The van der Waals surface area contributed by atoms with Crippen LogP contribution < -0.4 is 0 Å². The van der Waals surface area contributed by atoms with Gasteiger partial charge in [-0.15, -0.1) is 5.10 Å². The summed E-state index contributed by atoms with van der Waals surface area (Å²) in [5, 5.41) is 5.25. The van der Waals surface area contributed by atoms with Crippen molar-refractivity contribution in [2.45, 2.75) is 26.2 Å². The van der Waals surface area contributed by atoms with Crippen LogP contribution in [-0.2, 0) is 0 Å². The van der Waals surface area contributed by atoms with Gasteiger partial charge in [0.1, 0.15) is 4.88 Å². The third kappa shape index (κ3) is 2.70. The molecule has 7 heteroatoms. The number of hydrogen-bond acceptors (Lipinski definition) is 4. The van der Waals surface area contributed by atoms with Crippen molar-refractivity contribution in [1.29, 1.82) is 0 Å². The van der Waals surface area contributed by atoms with Gasteiger partial charge in [0.05, 0.1) is 5.69 Å². The van der Waals surface area contributed by atoms with Gasteiger partial charge in [-0.1, -0.05) is 22.9 Å². The maximum absolute atomic E-state index is 12.7. The molecule has 1 amide bonds. The molecular formula is C17H17ClN4OS. The summed E-state index contributed by atoms with van der Waals surface area (Å²) in [5.41, 5.74) is 1.77. The first-order valence-corrected chi connectivity index (χ1v) is 9.24. The zero-order valence-electron chi connectivity index (χ0n) is 13.3. The summed E-state index contributed by atoms with van der Waals surface area (Å²) in [7, 11) is 0. The highest BCUT2D eigenvalue weighted by atomic mass is 35.5. The van der Waals surface area contributed by atoms with Gasteiger partial charge in [-0.2, -0.15) is 4.98 Å². The second-order valence-electron chi connectivity index (χ2n) is 6.01. The van der Waals surface area contributed by atoms with Gasteiger partial charge in [-0.3, -0.25) is 4.79 Å². The van der Waals surface area contributed by atoms with E-state index in [1.165, 1.54) is 17.8 Å². The van der Waals surface area contributed by atoms with Crippen LogP contribution >= 0.6 is 22.9 Å². The number of piperidine rings is 1. The molecule has 0 saturated carbocycles. The van der Waals surface area contributed by atoms with Crippen LogP contribution in [0.2, 0.25) is 5.02 Å². The number of amides is 1. The van der Waals surface area contributed by atoms with Crippen molar-refractivity contribution in [2.24, 2.45) is 0 Å². The van der Waals surface area contributed by atoms with Gasteiger partial charge in [-0.25, -0.2) is 4.52 Å². The van der Waals surface area contributed by atoms with Crippen LogP contribution in [0.4, 0.5) is 0 Å². The number of carbonyl (C=O) groups excluding carboxylic acids is 1. The zero-order chi connectivity index (χ0) is 16.7. The van der Waals surface area contributed by atoms with Gasteiger partial charge >= 0.3 is 0 Å². The van der Waals surface area contributed by atoms with E-state index in [1.54, 1.807) is 4.52 Å². The number of aromatic nitrogens is 3. The molecule has 1 fully saturated rings. The van der Waals surface area contributed by atoms with Gasteiger partial charge in [0.2, 0.25) is 4.96 Å². The normalized spacial score (nSPS) is 15.2. The summed E-state index contributed by atoms with van der Waals surface area (Å²) in [6.07, 6.45) is 3.39. The Morgan fingerprint density at radius 2 is 1.88 bits per heavy atom. The molecule has 5 nitrogen and oxygen atoms in total. The molecule has 3 heterocycles.